The van der Waals surface area contributed by atoms with Crippen molar-refractivity contribution in [2.45, 2.75) is 25.9 Å². The second-order valence-electron chi connectivity index (χ2n) is 4.13. The number of aromatic nitrogens is 2. The minimum Gasteiger partial charge on any atom is -0.377 e. The van der Waals surface area contributed by atoms with Crippen LogP contribution in [0.2, 0.25) is 0 Å². The lowest BCUT2D eigenvalue weighted by Gasteiger charge is -2.17. The fourth-order valence-corrected chi connectivity index (χ4v) is 1.68. The van der Waals surface area contributed by atoms with Gasteiger partial charge in [-0.1, -0.05) is 18.2 Å². The second kappa shape index (κ2) is 5.62. The normalized spacial score (nSPS) is 12.7. The molecule has 3 nitrogen and oxygen atoms in total. The molecule has 1 N–H and O–H groups in total. The van der Waals surface area contributed by atoms with Gasteiger partial charge in [-0.2, -0.15) is 5.10 Å². The number of alkyl halides is 2. The predicted molar refractivity (Wildman–Crippen MR) is 66.9 cm³/mol. The van der Waals surface area contributed by atoms with Crippen molar-refractivity contribution in [1.82, 2.24) is 9.78 Å². The van der Waals surface area contributed by atoms with Gasteiger partial charge in [0, 0.05) is 18.1 Å². The summed E-state index contributed by atoms with van der Waals surface area (Å²) >= 11 is 0. The maximum absolute atomic E-state index is 12.5. The lowest BCUT2D eigenvalue weighted by molar-refractivity contribution is 0.130. The van der Waals surface area contributed by atoms with Crippen LogP contribution >= 0.6 is 0 Å². The SMILES string of the molecule is CC(Nc1ccccc1Cn1cccn1)C(F)F. The van der Waals surface area contributed by atoms with Gasteiger partial charge < -0.3 is 5.32 Å². The largest absolute Gasteiger partial charge is 0.377 e. The number of hydrogen-bond donors (Lipinski definition) is 1. The van der Waals surface area contributed by atoms with Crippen molar-refractivity contribution in [2.24, 2.45) is 0 Å². The van der Waals surface area contributed by atoms with Crippen LogP contribution < -0.4 is 5.32 Å². The molecule has 0 aliphatic heterocycles. The topological polar surface area (TPSA) is 29.9 Å². The zero-order chi connectivity index (χ0) is 13.0. The van der Waals surface area contributed by atoms with Crippen LogP contribution in [-0.2, 0) is 6.54 Å². The van der Waals surface area contributed by atoms with Gasteiger partial charge in [0.15, 0.2) is 0 Å². The molecule has 2 aromatic rings. The standard InChI is InChI=1S/C13H15F2N3/c1-10(13(14)15)17-12-6-3-2-5-11(12)9-18-8-4-7-16-18/h2-8,10,13,17H,9H2,1H3. The third kappa shape index (κ3) is 3.06. The van der Waals surface area contributed by atoms with Crippen LogP contribution in [-0.4, -0.2) is 22.2 Å². The number of anilines is 1. The van der Waals surface area contributed by atoms with Crippen molar-refractivity contribution in [2.75, 3.05) is 5.32 Å². The summed E-state index contributed by atoms with van der Waals surface area (Å²) in [7, 11) is 0. The van der Waals surface area contributed by atoms with Gasteiger partial charge in [-0.3, -0.25) is 4.68 Å². The van der Waals surface area contributed by atoms with Crippen molar-refractivity contribution < 1.29 is 8.78 Å². The van der Waals surface area contributed by atoms with E-state index in [9.17, 15) is 8.78 Å². The molecule has 1 aromatic heterocycles. The number of nitrogens with one attached hydrogen (secondary N) is 1. The summed E-state index contributed by atoms with van der Waals surface area (Å²) in [6, 6.07) is 8.38. The van der Waals surface area contributed by atoms with E-state index in [4.69, 9.17) is 0 Å². The van der Waals surface area contributed by atoms with Crippen LogP contribution in [0.1, 0.15) is 12.5 Å². The summed E-state index contributed by atoms with van der Waals surface area (Å²) in [4.78, 5) is 0. The first kappa shape index (κ1) is 12.5. The third-order valence-electron chi connectivity index (χ3n) is 2.67. The minimum absolute atomic E-state index is 0.562. The van der Waals surface area contributed by atoms with E-state index in [1.165, 1.54) is 6.92 Å². The Morgan fingerprint density at radius 2 is 2.06 bits per heavy atom. The number of benzene rings is 1. The first-order valence-electron chi connectivity index (χ1n) is 5.77. The van der Waals surface area contributed by atoms with E-state index in [2.05, 4.69) is 10.4 Å². The molecule has 0 aliphatic carbocycles. The van der Waals surface area contributed by atoms with Crippen LogP contribution in [0.4, 0.5) is 14.5 Å². The zero-order valence-corrected chi connectivity index (χ0v) is 10.1. The maximum Gasteiger partial charge on any atom is 0.258 e. The Hall–Kier alpha value is -1.91. The fraction of sp³-hybridized carbons (Fsp3) is 0.308. The molecular formula is C13H15F2N3. The van der Waals surface area contributed by atoms with Gasteiger partial charge in [0.25, 0.3) is 6.43 Å². The summed E-state index contributed by atoms with van der Waals surface area (Å²) < 4.78 is 26.8. The Kier molecular flexibility index (Phi) is 3.92. The molecule has 1 atom stereocenters. The zero-order valence-electron chi connectivity index (χ0n) is 10.1. The molecule has 0 spiro atoms. The molecule has 18 heavy (non-hydrogen) atoms. The lowest BCUT2D eigenvalue weighted by atomic mass is 10.1. The highest BCUT2D eigenvalue weighted by molar-refractivity contribution is 5.51. The molecule has 2 rings (SSSR count). The molecule has 96 valence electrons. The van der Waals surface area contributed by atoms with Crippen molar-refractivity contribution in [1.29, 1.82) is 0 Å². The van der Waals surface area contributed by atoms with Crippen molar-refractivity contribution in [3.8, 4) is 0 Å². The number of halogens is 2. The molecule has 0 bridgehead atoms. The van der Waals surface area contributed by atoms with Crippen LogP contribution in [0, 0.1) is 0 Å². The van der Waals surface area contributed by atoms with Gasteiger partial charge >= 0.3 is 0 Å². The molecule has 0 fully saturated rings. The van der Waals surface area contributed by atoms with Crippen LogP contribution in [0.15, 0.2) is 42.7 Å². The molecular weight excluding hydrogens is 236 g/mol. The molecule has 1 unspecified atom stereocenters. The van der Waals surface area contributed by atoms with E-state index >= 15 is 0 Å². The predicted octanol–water partition coefficient (Wildman–Crippen LogP) is 3.00. The Balaban J connectivity index is 2.15. The van der Waals surface area contributed by atoms with Gasteiger partial charge in [0.05, 0.1) is 12.6 Å². The average molecular weight is 251 g/mol. The van der Waals surface area contributed by atoms with Crippen molar-refractivity contribution in [3.63, 3.8) is 0 Å². The summed E-state index contributed by atoms with van der Waals surface area (Å²) in [5, 5.41) is 6.94. The Bertz CT molecular complexity index is 483. The van der Waals surface area contributed by atoms with E-state index in [0.717, 1.165) is 11.3 Å². The summed E-state index contributed by atoms with van der Waals surface area (Å²) in [6.07, 6.45) is 1.15. The van der Waals surface area contributed by atoms with Gasteiger partial charge in [0.1, 0.15) is 0 Å². The van der Waals surface area contributed by atoms with Crippen molar-refractivity contribution in [3.05, 3.63) is 48.3 Å². The lowest BCUT2D eigenvalue weighted by Crippen LogP contribution is -2.24. The molecule has 0 aliphatic rings. The van der Waals surface area contributed by atoms with E-state index < -0.39 is 12.5 Å². The second-order valence-corrected chi connectivity index (χ2v) is 4.13. The van der Waals surface area contributed by atoms with Gasteiger partial charge in [-0.25, -0.2) is 8.78 Å². The number of para-hydroxylation sites is 1. The molecule has 0 saturated heterocycles. The van der Waals surface area contributed by atoms with Gasteiger partial charge in [-0.05, 0) is 24.6 Å². The van der Waals surface area contributed by atoms with Gasteiger partial charge in [0.2, 0.25) is 0 Å². The monoisotopic (exact) mass is 251 g/mol. The smallest absolute Gasteiger partial charge is 0.258 e. The molecule has 0 saturated carbocycles. The summed E-state index contributed by atoms with van der Waals surface area (Å²) in [5.74, 6) is 0. The van der Waals surface area contributed by atoms with E-state index in [-0.39, 0.29) is 0 Å². The summed E-state index contributed by atoms with van der Waals surface area (Å²) in [6.45, 7) is 2.03. The minimum atomic E-state index is -2.39. The van der Waals surface area contributed by atoms with Gasteiger partial charge in [-0.15, -0.1) is 0 Å². The van der Waals surface area contributed by atoms with E-state index in [1.54, 1.807) is 16.9 Å². The number of hydrogen-bond acceptors (Lipinski definition) is 2. The average Bonchev–Trinajstić information content (AvgIpc) is 2.84. The fourth-order valence-electron chi connectivity index (χ4n) is 1.68. The first-order valence-corrected chi connectivity index (χ1v) is 5.77. The molecule has 1 heterocycles. The Morgan fingerprint density at radius 1 is 1.28 bits per heavy atom. The number of nitrogens with zero attached hydrogens (tertiary/aromatic N) is 2. The highest BCUT2D eigenvalue weighted by Crippen LogP contribution is 2.18. The highest BCUT2D eigenvalue weighted by atomic mass is 19.3. The third-order valence-corrected chi connectivity index (χ3v) is 2.67. The van der Waals surface area contributed by atoms with Crippen LogP contribution in [0.3, 0.4) is 0 Å². The number of rotatable bonds is 5. The molecule has 5 heteroatoms. The maximum atomic E-state index is 12.5. The quantitative estimate of drug-likeness (QED) is 0.885. The molecule has 0 amide bonds. The molecule has 0 radical (unpaired) electrons. The highest BCUT2D eigenvalue weighted by Gasteiger charge is 2.15. The Labute approximate surface area is 104 Å². The van der Waals surface area contributed by atoms with E-state index in [0.29, 0.717) is 6.54 Å². The van der Waals surface area contributed by atoms with E-state index in [1.807, 2.05) is 30.5 Å². The van der Waals surface area contributed by atoms with Crippen molar-refractivity contribution >= 4 is 5.69 Å². The van der Waals surface area contributed by atoms with Crippen LogP contribution in [0.5, 0.6) is 0 Å². The Morgan fingerprint density at radius 3 is 2.72 bits per heavy atom. The molecule has 1 aromatic carbocycles. The summed E-state index contributed by atoms with van der Waals surface area (Å²) in [5.41, 5.74) is 1.66. The van der Waals surface area contributed by atoms with Crippen LogP contribution in [0.25, 0.3) is 0 Å². The first-order chi connectivity index (χ1) is 8.66.